The van der Waals surface area contributed by atoms with Crippen molar-refractivity contribution in [3.05, 3.63) is 0 Å². The normalized spacial score (nSPS) is 18.5. The molecule has 2 heterocycles. The molecule has 0 bridgehead atoms. The average Bonchev–Trinajstić information content (AvgIpc) is 2.96. The molecule has 22 heavy (non-hydrogen) atoms. The molecule has 0 spiro atoms. The monoisotopic (exact) mass is 310 g/mol. The number of imide groups is 2. The van der Waals surface area contributed by atoms with Crippen LogP contribution < -0.4 is 0 Å². The number of rotatable bonds is 7. The number of carbonyl (C=O) groups excluding carboxylic acids is 5. The van der Waals surface area contributed by atoms with Crippen molar-refractivity contribution in [3.63, 3.8) is 0 Å². The van der Waals surface area contributed by atoms with Gasteiger partial charge in [-0.3, -0.25) is 24.1 Å². The summed E-state index contributed by atoms with van der Waals surface area (Å²) in [7, 11) is 0. The van der Waals surface area contributed by atoms with Crippen molar-refractivity contribution >= 4 is 29.6 Å². The maximum Gasteiger partial charge on any atom is 0.333 e. The minimum atomic E-state index is -0.628. The summed E-state index contributed by atoms with van der Waals surface area (Å²) in [4.78, 5) is 62.8. The first-order valence-electron chi connectivity index (χ1n) is 7.39. The summed E-state index contributed by atoms with van der Waals surface area (Å²) in [6.45, 7) is 0.371. The van der Waals surface area contributed by atoms with Crippen molar-refractivity contribution in [1.82, 2.24) is 9.96 Å². The van der Waals surface area contributed by atoms with Crippen LogP contribution in [0.2, 0.25) is 0 Å². The Morgan fingerprint density at radius 2 is 1.36 bits per heavy atom. The summed E-state index contributed by atoms with van der Waals surface area (Å²) in [5.74, 6) is -1.91. The number of nitrogens with zero attached hydrogens (tertiary/aromatic N) is 2. The van der Waals surface area contributed by atoms with E-state index in [4.69, 9.17) is 4.84 Å². The van der Waals surface area contributed by atoms with Gasteiger partial charge in [0.05, 0.1) is 0 Å². The molecule has 0 aromatic heterocycles. The van der Waals surface area contributed by atoms with Gasteiger partial charge in [-0.25, -0.2) is 4.79 Å². The van der Waals surface area contributed by atoms with Crippen LogP contribution in [0.5, 0.6) is 0 Å². The number of carbonyl (C=O) groups is 5. The van der Waals surface area contributed by atoms with Crippen LogP contribution in [0, 0.1) is 0 Å². The van der Waals surface area contributed by atoms with Gasteiger partial charge in [0.15, 0.2) is 0 Å². The lowest BCUT2D eigenvalue weighted by atomic mass is 10.2. The van der Waals surface area contributed by atoms with E-state index in [1.165, 1.54) is 4.90 Å². The van der Waals surface area contributed by atoms with Gasteiger partial charge in [-0.15, -0.1) is 5.06 Å². The Kier molecular flexibility index (Phi) is 5.24. The maximum absolute atomic E-state index is 11.5. The Balaban J connectivity index is 1.59. The average molecular weight is 310 g/mol. The van der Waals surface area contributed by atoms with Crippen LogP contribution in [0.25, 0.3) is 0 Å². The molecule has 120 valence electrons. The van der Waals surface area contributed by atoms with E-state index in [9.17, 15) is 24.0 Å². The largest absolute Gasteiger partial charge is 0.333 e. The zero-order valence-corrected chi connectivity index (χ0v) is 12.2. The first-order chi connectivity index (χ1) is 10.5. The summed E-state index contributed by atoms with van der Waals surface area (Å²) < 4.78 is 0. The molecule has 2 aliphatic rings. The zero-order valence-electron chi connectivity index (χ0n) is 12.2. The highest BCUT2D eigenvalue weighted by molar-refractivity contribution is 6.02. The summed E-state index contributed by atoms with van der Waals surface area (Å²) in [5.41, 5.74) is 0. The SMILES string of the molecule is O=C(CCCCCN1C(=O)CCC1=O)ON1C(=O)CCC1=O. The number of likely N-dealkylation sites (tertiary alicyclic amines) is 1. The molecule has 2 fully saturated rings. The Labute approximate surface area is 127 Å². The van der Waals surface area contributed by atoms with Gasteiger partial charge in [-0.1, -0.05) is 6.42 Å². The third-order valence-corrected chi connectivity index (χ3v) is 3.62. The van der Waals surface area contributed by atoms with E-state index in [2.05, 4.69) is 0 Å². The van der Waals surface area contributed by atoms with Crippen LogP contribution in [0.15, 0.2) is 0 Å². The van der Waals surface area contributed by atoms with E-state index in [0.29, 0.717) is 30.9 Å². The van der Waals surface area contributed by atoms with Crippen molar-refractivity contribution in [3.8, 4) is 0 Å². The number of hydrogen-bond acceptors (Lipinski definition) is 6. The van der Waals surface area contributed by atoms with Crippen molar-refractivity contribution in [2.24, 2.45) is 0 Å². The predicted octanol–water partition coefficient (Wildman–Crippen LogP) is 0.303. The molecule has 2 aliphatic heterocycles. The fraction of sp³-hybridized carbons (Fsp3) is 0.643. The second-order valence-corrected chi connectivity index (χ2v) is 5.29. The Hall–Kier alpha value is -2.25. The molecule has 8 nitrogen and oxygen atoms in total. The second kappa shape index (κ2) is 7.15. The lowest BCUT2D eigenvalue weighted by molar-refractivity contribution is -0.197. The number of hydroxylamine groups is 2. The zero-order chi connectivity index (χ0) is 16.1. The lowest BCUT2D eigenvalue weighted by Gasteiger charge is -2.14. The lowest BCUT2D eigenvalue weighted by Crippen LogP contribution is -2.32. The molecule has 0 radical (unpaired) electrons. The van der Waals surface area contributed by atoms with Crippen molar-refractivity contribution in [1.29, 1.82) is 0 Å². The van der Waals surface area contributed by atoms with Gasteiger partial charge in [0.1, 0.15) is 0 Å². The number of unbranched alkanes of at least 4 members (excludes halogenated alkanes) is 2. The van der Waals surface area contributed by atoms with Crippen LogP contribution >= 0.6 is 0 Å². The van der Waals surface area contributed by atoms with Crippen LogP contribution in [-0.4, -0.2) is 46.1 Å². The van der Waals surface area contributed by atoms with Crippen LogP contribution in [0.1, 0.15) is 51.4 Å². The number of hydrogen-bond donors (Lipinski definition) is 0. The van der Waals surface area contributed by atoms with Gasteiger partial charge in [0.25, 0.3) is 11.8 Å². The smallest absolute Gasteiger partial charge is 0.330 e. The topological polar surface area (TPSA) is 101 Å². The molecule has 0 aliphatic carbocycles. The molecule has 0 aromatic rings. The number of amides is 4. The van der Waals surface area contributed by atoms with Gasteiger partial charge in [0, 0.05) is 38.6 Å². The summed E-state index contributed by atoms with van der Waals surface area (Å²) in [5, 5.41) is 0.532. The van der Waals surface area contributed by atoms with Gasteiger partial charge in [-0.05, 0) is 12.8 Å². The summed E-state index contributed by atoms with van der Waals surface area (Å²) in [6, 6.07) is 0. The van der Waals surface area contributed by atoms with Crippen molar-refractivity contribution in [2.75, 3.05) is 6.54 Å². The minimum Gasteiger partial charge on any atom is -0.330 e. The van der Waals surface area contributed by atoms with Crippen molar-refractivity contribution < 1.29 is 28.8 Å². The standard InChI is InChI=1S/C14H18N2O6/c17-10-5-6-11(18)15(10)9-3-1-2-4-14(21)22-16-12(19)7-8-13(16)20/h1-9H2. The second-order valence-electron chi connectivity index (χ2n) is 5.29. The molecule has 0 saturated carbocycles. The highest BCUT2D eigenvalue weighted by atomic mass is 16.7. The maximum atomic E-state index is 11.5. The molecular weight excluding hydrogens is 292 g/mol. The van der Waals surface area contributed by atoms with Crippen LogP contribution in [0.4, 0.5) is 0 Å². The first kappa shape index (κ1) is 16.1. The Bertz CT molecular complexity index is 483. The van der Waals surface area contributed by atoms with Gasteiger partial charge < -0.3 is 4.84 Å². The molecule has 0 atom stereocenters. The molecule has 2 saturated heterocycles. The molecule has 4 amide bonds. The van der Waals surface area contributed by atoms with Crippen molar-refractivity contribution in [2.45, 2.75) is 51.4 Å². The van der Waals surface area contributed by atoms with Gasteiger partial charge >= 0.3 is 5.97 Å². The highest BCUT2D eigenvalue weighted by Crippen LogP contribution is 2.15. The summed E-state index contributed by atoms with van der Waals surface area (Å²) in [6.07, 6.45) is 2.56. The molecular formula is C14H18N2O6. The Morgan fingerprint density at radius 1 is 0.818 bits per heavy atom. The summed E-state index contributed by atoms with van der Waals surface area (Å²) >= 11 is 0. The minimum absolute atomic E-state index is 0.0734. The van der Waals surface area contributed by atoms with E-state index in [0.717, 1.165) is 0 Å². The fourth-order valence-electron chi connectivity index (χ4n) is 2.39. The third kappa shape index (κ3) is 3.90. The van der Waals surface area contributed by atoms with E-state index >= 15 is 0 Å². The van der Waals surface area contributed by atoms with E-state index in [1.54, 1.807) is 0 Å². The van der Waals surface area contributed by atoms with E-state index < -0.39 is 17.8 Å². The molecule has 0 unspecified atom stereocenters. The predicted molar refractivity (Wildman–Crippen MR) is 71.6 cm³/mol. The molecule has 0 N–H and O–H groups in total. The van der Waals surface area contributed by atoms with Gasteiger partial charge in [0.2, 0.25) is 11.8 Å². The van der Waals surface area contributed by atoms with Gasteiger partial charge in [-0.2, -0.15) is 0 Å². The van der Waals surface area contributed by atoms with Crippen LogP contribution in [0.3, 0.4) is 0 Å². The van der Waals surface area contributed by atoms with Crippen LogP contribution in [-0.2, 0) is 28.8 Å². The third-order valence-electron chi connectivity index (χ3n) is 3.62. The highest BCUT2D eigenvalue weighted by Gasteiger charge is 2.32. The quantitative estimate of drug-likeness (QED) is 0.495. The van der Waals surface area contributed by atoms with E-state index in [1.807, 2.05) is 0 Å². The molecule has 0 aromatic carbocycles. The molecule has 2 rings (SSSR count). The van der Waals surface area contributed by atoms with E-state index in [-0.39, 0.29) is 43.9 Å². The first-order valence-corrected chi connectivity index (χ1v) is 7.39. The Morgan fingerprint density at radius 3 is 1.95 bits per heavy atom. The fourth-order valence-corrected chi connectivity index (χ4v) is 2.39. The molecule has 8 heteroatoms.